The third-order valence-corrected chi connectivity index (χ3v) is 4.51. The summed E-state index contributed by atoms with van der Waals surface area (Å²) in [5.41, 5.74) is 1.40. The van der Waals surface area contributed by atoms with Gasteiger partial charge in [-0.15, -0.1) is 11.3 Å². The summed E-state index contributed by atoms with van der Waals surface area (Å²) in [6.07, 6.45) is 0.0568. The van der Waals surface area contributed by atoms with Crippen molar-refractivity contribution in [2.45, 2.75) is 19.8 Å². The molecule has 0 bridgehead atoms. The standard InChI is InChI=1S/C16H14Cl2N2O4S/c1-9(21)2-5-15(23)24-7-14(22)20-16-19-13(8-25-16)10-3-4-11(17)12(18)6-10/h3-4,6,8H,2,5,7H2,1H3,(H,19,20,22). The maximum atomic E-state index is 11.8. The number of nitrogens with zero attached hydrogens (tertiary/aromatic N) is 1. The highest BCUT2D eigenvalue weighted by Gasteiger charge is 2.12. The molecule has 1 heterocycles. The average Bonchev–Trinajstić information content (AvgIpc) is 3.02. The Balaban J connectivity index is 1.88. The first-order valence-corrected chi connectivity index (χ1v) is 8.84. The second-order valence-corrected chi connectivity index (χ2v) is 6.75. The number of amides is 1. The summed E-state index contributed by atoms with van der Waals surface area (Å²) in [6.45, 7) is 0.951. The Morgan fingerprint density at radius 2 is 1.96 bits per heavy atom. The summed E-state index contributed by atoms with van der Waals surface area (Å²) < 4.78 is 4.79. The molecule has 0 aliphatic heterocycles. The number of anilines is 1. The van der Waals surface area contributed by atoms with Crippen LogP contribution in [0.3, 0.4) is 0 Å². The minimum Gasteiger partial charge on any atom is -0.456 e. The fraction of sp³-hybridized carbons (Fsp3) is 0.250. The summed E-state index contributed by atoms with van der Waals surface area (Å²) in [7, 11) is 0. The molecule has 0 atom stereocenters. The molecule has 0 radical (unpaired) electrons. The van der Waals surface area contributed by atoms with Crippen LogP contribution in [0, 0.1) is 0 Å². The quantitative estimate of drug-likeness (QED) is 0.710. The number of nitrogens with one attached hydrogen (secondary N) is 1. The highest BCUT2D eigenvalue weighted by molar-refractivity contribution is 7.14. The van der Waals surface area contributed by atoms with Gasteiger partial charge < -0.3 is 9.53 Å². The molecule has 0 saturated carbocycles. The zero-order valence-electron chi connectivity index (χ0n) is 13.2. The number of esters is 1. The van der Waals surface area contributed by atoms with Gasteiger partial charge in [-0.25, -0.2) is 4.98 Å². The second kappa shape index (κ2) is 8.94. The molecule has 1 amide bonds. The zero-order chi connectivity index (χ0) is 18.4. The molecular formula is C16H14Cl2N2O4S. The number of ether oxygens (including phenoxy) is 1. The minimum absolute atomic E-state index is 0.0403. The van der Waals surface area contributed by atoms with Crippen LogP contribution >= 0.6 is 34.5 Å². The van der Waals surface area contributed by atoms with Gasteiger partial charge in [0.25, 0.3) is 5.91 Å². The number of ketones is 1. The largest absolute Gasteiger partial charge is 0.456 e. The summed E-state index contributed by atoms with van der Waals surface area (Å²) in [6, 6.07) is 5.12. The predicted octanol–water partition coefficient (Wildman–Crippen LogP) is 3.97. The van der Waals surface area contributed by atoms with E-state index < -0.39 is 18.5 Å². The Bertz CT molecular complexity index is 807. The molecule has 2 rings (SSSR count). The first kappa shape index (κ1) is 19.4. The molecule has 9 heteroatoms. The number of hydrogen-bond donors (Lipinski definition) is 1. The lowest BCUT2D eigenvalue weighted by Crippen LogP contribution is -2.21. The third-order valence-electron chi connectivity index (χ3n) is 3.01. The number of hydrogen-bond acceptors (Lipinski definition) is 6. The monoisotopic (exact) mass is 400 g/mol. The molecule has 1 aromatic heterocycles. The van der Waals surface area contributed by atoms with Crippen LogP contribution in [0.15, 0.2) is 23.6 Å². The summed E-state index contributed by atoms with van der Waals surface area (Å²) in [5, 5.41) is 5.53. The van der Waals surface area contributed by atoms with Gasteiger partial charge in [-0.05, 0) is 19.1 Å². The summed E-state index contributed by atoms with van der Waals surface area (Å²) in [5.74, 6) is -1.22. The molecule has 2 aromatic rings. The van der Waals surface area contributed by atoms with Gasteiger partial charge in [0.2, 0.25) is 0 Å². The Labute approximate surface area is 158 Å². The Morgan fingerprint density at radius 1 is 1.20 bits per heavy atom. The van der Waals surface area contributed by atoms with Crippen molar-refractivity contribution in [1.29, 1.82) is 0 Å². The van der Waals surface area contributed by atoms with Gasteiger partial charge in [-0.2, -0.15) is 0 Å². The molecule has 0 aliphatic rings. The maximum absolute atomic E-state index is 11.8. The first-order chi connectivity index (χ1) is 11.8. The van der Waals surface area contributed by atoms with Crippen molar-refractivity contribution in [3.63, 3.8) is 0 Å². The smallest absolute Gasteiger partial charge is 0.306 e. The van der Waals surface area contributed by atoms with Crippen molar-refractivity contribution < 1.29 is 19.1 Å². The van der Waals surface area contributed by atoms with E-state index in [9.17, 15) is 14.4 Å². The van der Waals surface area contributed by atoms with Gasteiger partial charge in [0.1, 0.15) is 5.78 Å². The highest BCUT2D eigenvalue weighted by Crippen LogP contribution is 2.30. The number of carbonyl (C=O) groups excluding carboxylic acids is 3. The van der Waals surface area contributed by atoms with Crippen molar-refractivity contribution in [3.8, 4) is 11.3 Å². The van der Waals surface area contributed by atoms with E-state index in [1.807, 2.05) is 0 Å². The van der Waals surface area contributed by atoms with E-state index >= 15 is 0 Å². The van der Waals surface area contributed by atoms with Gasteiger partial charge in [0, 0.05) is 17.4 Å². The van der Waals surface area contributed by atoms with Crippen LogP contribution < -0.4 is 5.32 Å². The van der Waals surface area contributed by atoms with E-state index in [1.54, 1.807) is 23.6 Å². The van der Waals surface area contributed by atoms with E-state index in [4.69, 9.17) is 27.9 Å². The maximum Gasteiger partial charge on any atom is 0.306 e. The van der Waals surface area contributed by atoms with E-state index in [-0.39, 0.29) is 18.6 Å². The predicted molar refractivity (Wildman–Crippen MR) is 97.1 cm³/mol. The minimum atomic E-state index is -0.596. The van der Waals surface area contributed by atoms with Gasteiger partial charge in [-0.1, -0.05) is 29.3 Å². The lowest BCUT2D eigenvalue weighted by atomic mass is 10.2. The zero-order valence-corrected chi connectivity index (χ0v) is 15.5. The van der Waals surface area contributed by atoms with Crippen LogP contribution in [-0.4, -0.2) is 29.3 Å². The van der Waals surface area contributed by atoms with Crippen LogP contribution in [0.2, 0.25) is 10.0 Å². The van der Waals surface area contributed by atoms with Crippen molar-refractivity contribution in [1.82, 2.24) is 4.98 Å². The van der Waals surface area contributed by atoms with Crippen LogP contribution in [0.25, 0.3) is 11.3 Å². The molecule has 0 spiro atoms. The first-order valence-electron chi connectivity index (χ1n) is 7.21. The van der Waals surface area contributed by atoms with Crippen LogP contribution in [0.5, 0.6) is 0 Å². The second-order valence-electron chi connectivity index (χ2n) is 5.08. The summed E-state index contributed by atoms with van der Waals surface area (Å²) >= 11 is 13.1. The van der Waals surface area contributed by atoms with Crippen LogP contribution in [0.4, 0.5) is 5.13 Å². The molecule has 0 aliphatic carbocycles. The number of aromatic nitrogens is 1. The molecule has 25 heavy (non-hydrogen) atoms. The topological polar surface area (TPSA) is 85.4 Å². The fourth-order valence-electron chi connectivity index (χ4n) is 1.77. The van der Waals surface area contributed by atoms with Gasteiger partial charge in [0.15, 0.2) is 11.7 Å². The number of rotatable bonds is 7. The van der Waals surface area contributed by atoms with Crippen molar-refractivity contribution in [3.05, 3.63) is 33.6 Å². The average molecular weight is 401 g/mol. The van der Waals surface area contributed by atoms with E-state index in [1.165, 1.54) is 18.3 Å². The third kappa shape index (κ3) is 6.12. The van der Waals surface area contributed by atoms with E-state index in [2.05, 4.69) is 10.3 Å². The molecule has 0 unspecified atom stereocenters. The summed E-state index contributed by atoms with van der Waals surface area (Å²) in [4.78, 5) is 38.2. The molecule has 6 nitrogen and oxygen atoms in total. The SMILES string of the molecule is CC(=O)CCC(=O)OCC(=O)Nc1nc(-c2ccc(Cl)c(Cl)c2)cs1. The number of benzene rings is 1. The van der Waals surface area contributed by atoms with Crippen molar-refractivity contribution in [2.24, 2.45) is 0 Å². The van der Waals surface area contributed by atoms with Gasteiger partial charge in [-0.3, -0.25) is 14.9 Å². The molecule has 1 aromatic carbocycles. The van der Waals surface area contributed by atoms with Crippen molar-refractivity contribution >= 4 is 57.3 Å². The Kier molecular flexibility index (Phi) is 6.92. The highest BCUT2D eigenvalue weighted by atomic mass is 35.5. The number of Topliss-reactive ketones (excluding diaryl/α,β-unsaturated/α-hetero) is 1. The van der Waals surface area contributed by atoms with Gasteiger partial charge in [0.05, 0.1) is 22.2 Å². The van der Waals surface area contributed by atoms with Gasteiger partial charge >= 0.3 is 5.97 Å². The lowest BCUT2D eigenvalue weighted by molar-refractivity contribution is -0.148. The van der Waals surface area contributed by atoms with Crippen molar-refractivity contribution in [2.75, 3.05) is 11.9 Å². The van der Waals surface area contributed by atoms with E-state index in [0.717, 1.165) is 5.56 Å². The molecule has 0 fully saturated rings. The number of carbonyl (C=O) groups is 3. The fourth-order valence-corrected chi connectivity index (χ4v) is 2.80. The van der Waals surface area contributed by atoms with Crippen LogP contribution in [0.1, 0.15) is 19.8 Å². The molecule has 0 saturated heterocycles. The molecule has 132 valence electrons. The Hall–Kier alpha value is -1.96. The Morgan fingerprint density at radius 3 is 2.64 bits per heavy atom. The molecular weight excluding hydrogens is 387 g/mol. The van der Waals surface area contributed by atoms with Crippen LogP contribution in [-0.2, 0) is 19.1 Å². The lowest BCUT2D eigenvalue weighted by Gasteiger charge is -2.04. The number of halogens is 2. The number of thiazole rings is 1. The normalized spacial score (nSPS) is 10.4. The molecule has 1 N–H and O–H groups in total. The van der Waals surface area contributed by atoms with E-state index in [0.29, 0.717) is 20.9 Å².